The molecule has 0 bridgehead atoms. The predicted octanol–water partition coefficient (Wildman–Crippen LogP) is 1.44. The first kappa shape index (κ1) is 11.8. The third-order valence-electron chi connectivity index (χ3n) is 3.04. The second kappa shape index (κ2) is 4.67. The van der Waals surface area contributed by atoms with E-state index in [0.717, 1.165) is 0 Å². The zero-order chi connectivity index (χ0) is 12.4. The van der Waals surface area contributed by atoms with Crippen molar-refractivity contribution in [1.29, 1.82) is 0 Å². The fourth-order valence-electron chi connectivity index (χ4n) is 1.92. The van der Waals surface area contributed by atoms with Crippen molar-refractivity contribution in [1.82, 2.24) is 4.90 Å². The van der Waals surface area contributed by atoms with Crippen LogP contribution in [0.3, 0.4) is 0 Å². The molecule has 1 aromatic rings. The van der Waals surface area contributed by atoms with E-state index in [1.54, 1.807) is 24.3 Å². The summed E-state index contributed by atoms with van der Waals surface area (Å²) in [6, 6.07) is 6.81. The van der Waals surface area contributed by atoms with E-state index < -0.39 is 6.10 Å². The van der Waals surface area contributed by atoms with Crippen LogP contribution in [0.1, 0.15) is 40.5 Å². The summed E-state index contributed by atoms with van der Waals surface area (Å²) in [5, 5.41) is 9.46. The van der Waals surface area contributed by atoms with Gasteiger partial charge in [0.05, 0.1) is 17.2 Å². The summed E-state index contributed by atoms with van der Waals surface area (Å²) in [5.41, 5.74) is 0.923. The van der Waals surface area contributed by atoms with Crippen molar-refractivity contribution in [3.05, 3.63) is 35.4 Å². The van der Waals surface area contributed by atoms with E-state index >= 15 is 0 Å². The van der Waals surface area contributed by atoms with Crippen LogP contribution < -0.4 is 0 Å². The molecule has 1 aliphatic rings. The fourth-order valence-corrected chi connectivity index (χ4v) is 1.92. The van der Waals surface area contributed by atoms with E-state index in [2.05, 4.69) is 0 Å². The number of carbonyl (C=O) groups is 2. The van der Waals surface area contributed by atoms with Crippen LogP contribution in [-0.2, 0) is 0 Å². The molecule has 0 aliphatic carbocycles. The molecule has 1 aliphatic heterocycles. The molecule has 1 N–H and O–H groups in total. The average Bonchev–Trinajstić information content (AvgIpc) is 2.60. The van der Waals surface area contributed by atoms with E-state index in [4.69, 9.17) is 0 Å². The lowest BCUT2D eigenvalue weighted by Crippen LogP contribution is -2.32. The average molecular weight is 233 g/mol. The Morgan fingerprint density at radius 3 is 2.18 bits per heavy atom. The number of benzene rings is 1. The second-order valence-corrected chi connectivity index (χ2v) is 4.16. The molecule has 0 radical (unpaired) electrons. The summed E-state index contributed by atoms with van der Waals surface area (Å²) in [5.74, 6) is -0.511. The molecule has 1 heterocycles. The molecule has 1 aromatic carbocycles. The largest absolute Gasteiger partial charge is 0.393 e. The van der Waals surface area contributed by atoms with Gasteiger partial charge in [0.1, 0.15) is 0 Å². The van der Waals surface area contributed by atoms with Crippen LogP contribution in [0.2, 0.25) is 0 Å². The Labute approximate surface area is 99.9 Å². The molecule has 90 valence electrons. The SMILES string of the molecule is CC[C@H](O)CCN1C(=O)c2ccccc2C1=O. The Kier molecular flexibility index (Phi) is 3.24. The number of hydrogen-bond donors (Lipinski definition) is 1. The minimum atomic E-state index is -0.459. The number of nitrogens with zero attached hydrogens (tertiary/aromatic N) is 1. The maximum absolute atomic E-state index is 11.9. The predicted molar refractivity (Wildman–Crippen MR) is 62.7 cm³/mol. The van der Waals surface area contributed by atoms with Crippen molar-refractivity contribution in [2.45, 2.75) is 25.9 Å². The highest BCUT2D eigenvalue weighted by molar-refractivity contribution is 6.21. The molecular formula is C13H15NO3. The standard InChI is InChI=1S/C13H15NO3/c1-2-9(15)7-8-14-12(16)10-5-3-4-6-11(10)13(14)17/h3-6,9,15H,2,7-8H2,1H3/t9-/m0/s1. The first-order valence-electron chi connectivity index (χ1n) is 5.78. The molecule has 0 aromatic heterocycles. The van der Waals surface area contributed by atoms with Gasteiger partial charge in [-0.05, 0) is 25.0 Å². The van der Waals surface area contributed by atoms with Gasteiger partial charge in [-0.2, -0.15) is 0 Å². The van der Waals surface area contributed by atoms with Gasteiger partial charge >= 0.3 is 0 Å². The molecule has 0 fully saturated rings. The molecule has 0 saturated heterocycles. The molecule has 0 saturated carbocycles. The monoisotopic (exact) mass is 233 g/mol. The minimum absolute atomic E-state index is 0.256. The first-order valence-corrected chi connectivity index (χ1v) is 5.78. The van der Waals surface area contributed by atoms with Gasteiger partial charge in [-0.1, -0.05) is 19.1 Å². The number of aliphatic hydroxyl groups excluding tert-OH is 1. The number of rotatable bonds is 4. The van der Waals surface area contributed by atoms with E-state index in [-0.39, 0.29) is 18.4 Å². The van der Waals surface area contributed by atoms with Crippen LogP contribution in [0.5, 0.6) is 0 Å². The number of amides is 2. The quantitative estimate of drug-likeness (QED) is 0.801. The fraction of sp³-hybridized carbons (Fsp3) is 0.385. The summed E-state index contributed by atoms with van der Waals surface area (Å²) in [6.07, 6.45) is 0.602. The van der Waals surface area contributed by atoms with Gasteiger partial charge in [0, 0.05) is 6.54 Å². The summed E-state index contributed by atoms with van der Waals surface area (Å²) in [7, 11) is 0. The molecule has 2 rings (SSSR count). The Morgan fingerprint density at radius 1 is 1.18 bits per heavy atom. The zero-order valence-electron chi connectivity index (χ0n) is 9.72. The van der Waals surface area contributed by atoms with Gasteiger partial charge in [0.25, 0.3) is 11.8 Å². The summed E-state index contributed by atoms with van der Waals surface area (Å²) >= 11 is 0. The number of imide groups is 1. The van der Waals surface area contributed by atoms with Crippen molar-refractivity contribution in [3.8, 4) is 0 Å². The zero-order valence-corrected chi connectivity index (χ0v) is 9.72. The number of fused-ring (bicyclic) bond motifs is 1. The maximum atomic E-state index is 11.9. The van der Waals surface area contributed by atoms with Gasteiger partial charge in [-0.15, -0.1) is 0 Å². The van der Waals surface area contributed by atoms with Crippen molar-refractivity contribution in [2.24, 2.45) is 0 Å². The van der Waals surface area contributed by atoms with E-state index in [1.807, 2.05) is 6.92 Å². The maximum Gasteiger partial charge on any atom is 0.261 e. The van der Waals surface area contributed by atoms with E-state index in [0.29, 0.717) is 24.0 Å². The third-order valence-corrected chi connectivity index (χ3v) is 3.04. The lowest BCUT2D eigenvalue weighted by Gasteiger charge is -2.15. The van der Waals surface area contributed by atoms with Crippen molar-refractivity contribution >= 4 is 11.8 Å². The highest BCUT2D eigenvalue weighted by Gasteiger charge is 2.34. The molecule has 2 amide bonds. The van der Waals surface area contributed by atoms with E-state index in [9.17, 15) is 14.7 Å². The normalized spacial score (nSPS) is 16.2. The molecule has 17 heavy (non-hydrogen) atoms. The van der Waals surface area contributed by atoms with Gasteiger partial charge in [0.2, 0.25) is 0 Å². The molecular weight excluding hydrogens is 218 g/mol. The van der Waals surface area contributed by atoms with Crippen molar-refractivity contribution in [3.63, 3.8) is 0 Å². The second-order valence-electron chi connectivity index (χ2n) is 4.16. The van der Waals surface area contributed by atoms with Crippen LogP contribution in [0.15, 0.2) is 24.3 Å². The van der Waals surface area contributed by atoms with Gasteiger partial charge in [-0.25, -0.2) is 0 Å². The lowest BCUT2D eigenvalue weighted by atomic mass is 10.1. The third kappa shape index (κ3) is 2.08. The lowest BCUT2D eigenvalue weighted by molar-refractivity contribution is 0.0621. The van der Waals surface area contributed by atoms with Crippen LogP contribution in [0, 0.1) is 0 Å². The molecule has 1 atom stereocenters. The van der Waals surface area contributed by atoms with Crippen molar-refractivity contribution in [2.75, 3.05) is 6.54 Å². The number of carbonyl (C=O) groups excluding carboxylic acids is 2. The molecule has 0 unspecified atom stereocenters. The molecule has 4 heteroatoms. The first-order chi connectivity index (χ1) is 8.15. The summed E-state index contributed by atoms with van der Waals surface area (Å²) in [4.78, 5) is 25.1. The van der Waals surface area contributed by atoms with Crippen LogP contribution in [0.4, 0.5) is 0 Å². The highest BCUT2D eigenvalue weighted by Crippen LogP contribution is 2.22. The minimum Gasteiger partial charge on any atom is -0.393 e. The Morgan fingerprint density at radius 2 is 1.71 bits per heavy atom. The number of hydrogen-bond acceptors (Lipinski definition) is 3. The summed E-state index contributed by atoms with van der Waals surface area (Å²) in [6.45, 7) is 2.15. The Hall–Kier alpha value is -1.68. The Balaban J connectivity index is 2.13. The van der Waals surface area contributed by atoms with Gasteiger partial charge in [0.15, 0.2) is 0 Å². The van der Waals surface area contributed by atoms with E-state index in [1.165, 1.54) is 4.90 Å². The smallest absolute Gasteiger partial charge is 0.261 e. The van der Waals surface area contributed by atoms with Crippen molar-refractivity contribution < 1.29 is 14.7 Å². The van der Waals surface area contributed by atoms with Crippen LogP contribution >= 0.6 is 0 Å². The van der Waals surface area contributed by atoms with Crippen LogP contribution in [0.25, 0.3) is 0 Å². The summed E-state index contributed by atoms with van der Waals surface area (Å²) < 4.78 is 0. The topological polar surface area (TPSA) is 57.6 Å². The van der Waals surface area contributed by atoms with Gasteiger partial charge in [-0.3, -0.25) is 14.5 Å². The molecule has 4 nitrogen and oxygen atoms in total. The van der Waals surface area contributed by atoms with Gasteiger partial charge < -0.3 is 5.11 Å². The number of aliphatic hydroxyl groups is 1. The Bertz CT molecular complexity index is 421. The molecule has 0 spiro atoms. The highest BCUT2D eigenvalue weighted by atomic mass is 16.3. The van der Waals surface area contributed by atoms with Crippen LogP contribution in [-0.4, -0.2) is 34.5 Å².